The molecular formula is C14H12FN5. The second-order valence-corrected chi connectivity index (χ2v) is 4.47. The maximum absolute atomic E-state index is 13.0. The van der Waals surface area contributed by atoms with E-state index in [4.69, 9.17) is 5.73 Å². The fraction of sp³-hybridized carbons (Fsp3) is 0.0714. The Morgan fingerprint density at radius 2 is 1.85 bits per heavy atom. The Balaban J connectivity index is 2.12. The predicted molar refractivity (Wildman–Crippen MR) is 73.7 cm³/mol. The van der Waals surface area contributed by atoms with Gasteiger partial charge in [-0.2, -0.15) is 4.68 Å². The lowest BCUT2D eigenvalue weighted by atomic mass is 10.1. The molecule has 0 aliphatic heterocycles. The number of nitrogen functional groups attached to an aromatic ring is 1. The molecule has 0 atom stereocenters. The lowest BCUT2D eigenvalue weighted by molar-refractivity contribution is 0.627. The third-order valence-corrected chi connectivity index (χ3v) is 3.03. The van der Waals surface area contributed by atoms with Gasteiger partial charge in [-0.25, -0.2) is 4.39 Å². The van der Waals surface area contributed by atoms with E-state index in [-0.39, 0.29) is 5.82 Å². The number of nitrogens with zero attached hydrogens (tertiary/aromatic N) is 4. The van der Waals surface area contributed by atoms with Crippen molar-refractivity contribution < 1.29 is 4.39 Å². The van der Waals surface area contributed by atoms with Gasteiger partial charge in [-0.05, 0) is 65.4 Å². The van der Waals surface area contributed by atoms with E-state index in [2.05, 4.69) is 15.5 Å². The first-order valence-corrected chi connectivity index (χ1v) is 6.06. The molecule has 0 bridgehead atoms. The van der Waals surface area contributed by atoms with Crippen LogP contribution >= 0.6 is 0 Å². The standard InChI is InChI=1S/C14H12FN5/c1-9-8-11(16)4-7-13(9)14-17-18-19-20(14)12-5-2-10(15)3-6-12/h2-8H,16H2,1H3. The van der Waals surface area contributed by atoms with Crippen molar-refractivity contribution in [1.29, 1.82) is 0 Å². The Morgan fingerprint density at radius 1 is 1.10 bits per heavy atom. The van der Waals surface area contributed by atoms with Gasteiger partial charge in [0.25, 0.3) is 0 Å². The summed E-state index contributed by atoms with van der Waals surface area (Å²) in [4.78, 5) is 0. The van der Waals surface area contributed by atoms with Crippen molar-refractivity contribution in [3.63, 3.8) is 0 Å². The minimum absolute atomic E-state index is 0.299. The molecule has 0 saturated heterocycles. The zero-order valence-electron chi connectivity index (χ0n) is 10.8. The molecule has 0 spiro atoms. The number of tetrazole rings is 1. The van der Waals surface area contributed by atoms with Crippen LogP contribution in [0.3, 0.4) is 0 Å². The Kier molecular flexibility index (Phi) is 2.90. The fourth-order valence-electron chi connectivity index (χ4n) is 2.05. The first-order chi connectivity index (χ1) is 9.65. The highest BCUT2D eigenvalue weighted by molar-refractivity contribution is 5.65. The Hall–Kier alpha value is -2.76. The fourth-order valence-corrected chi connectivity index (χ4v) is 2.05. The van der Waals surface area contributed by atoms with E-state index in [1.165, 1.54) is 12.1 Å². The number of hydrogen-bond acceptors (Lipinski definition) is 4. The second kappa shape index (κ2) is 4.73. The highest BCUT2D eigenvalue weighted by atomic mass is 19.1. The first-order valence-electron chi connectivity index (χ1n) is 6.06. The number of hydrogen-bond donors (Lipinski definition) is 1. The summed E-state index contributed by atoms with van der Waals surface area (Å²) < 4.78 is 14.6. The zero-order chi connectivity index (χ0) is 14.1. The SMILES string of the molecule is Cc1cc(N)ccc1-c1nnnn1-c1ccc(F)cc1. The van der Waals surface area contributed by atoms with E-state index in [0.717, 1.165) is 11.1 Å². The van der Waals surface area contributed by atoms with Gasteiger partial charge >= 0.3 is 0 Å². The van der Waals surface area contributed by atoms with Crippen LogP contribution in [-0.2, 0) is 0 Å². The summed E-state index contributed by atoms with van der Waals surface area (Å²) in [7, 11) is 0. The maximum Gasteiger partial charge on any atom is 0.187 e. The van der Waals surface area contributed by atoms with Crippen molar-refractivity contribution in [3.8, 4) is 17.1 Å². The molecule has 0 aliphatic rings. The molecule has 5 nitrogen and oxygen atoms in total. The monoisotopic (exact) mass is 269 g/mol. The smallest absolute Gasteiger partial charge is 0.187 e. The van der Waals surface area contributed by atoms with E-state index in [1.54, 1.807) is 22.9 Å². The summed E-state index contributed by atoms with van der Waals surface area (Å²) in [5.74, 6) is 0.293. The Morgan fingerprint density at radius 3 is 2.55 bits per heavy atom. The molecule has 1 heterocycles. The molecule has 1 aromatic heterocycles. The van der Waals surface area contributed by atoms with Gasteiger partial charge in [0.05, 0.1) is 5.69 Å². The van der Waals surface area contributed by atoms with Crippen molar-refractivity contribution in [2.75, 3.05) is 5.73 Å². The van der Waals surface area contributed by atoms with Crippen LogP contribution in [0, 0.1) is 12.7 Å². The Labute approximate surface area is 114 Å². The molecule has 0 amide bonds. The molecule has 2 aromatic carbocycles. The summed E-state index contributed by atoms with van der Waals surface area (Å²) in [5, 5.41) is 11.7. The van der Waals surface area contributed by atoms with Crippen LogP contribution < -0.4 is 5.73 Å². The van der Waals surface area contributed by atoms with Gasteiger partial charge in [-0.15, -0.1) is 5.10 Å². The van der Waals surface area contributed by atoms with Crippen LogP contribution in [0.1, 0.15) is 5.56 Å². The minimum atomic E-state index is -0.299. The minimum Gasteiger partial charge on any atom is -0.399 e. The maximum atomic E-state index is 13.0. The summed E-state index contributed by atoms with van der Waals surface area (Å²) in [6.07, 6.45) is 0. The molecule has 0 aliphatic carbocycles. The van der Waals surface area contributed by atoms with Gasteiger partial charge in [-0.3, -0.25) is 0 Å². The van der Waals surface area contributed by atoms with Gasteiger partial charge < -0.3 is 5.73 Å². The van der Waals surface area contributed by atoms with Gasteiger partial charge in [0.1, 0.15) is 5.82 Å². The number of halogens is 1. The van der Waals surface area contributed by atoms with Crippen LogP contribution in [0.4, 0.5) is 10.1 Å². The topological polar surface area (TPSA) is 69.6 Å². The largest absolute Gasteiger partial charge is 0.399 e. The lowest BCUT2D eigenvalue weighted by Gasteiger charge is -2.07. The van der Waals surface area contributed by atoms with E-state index >= 15 is 0 Å². The average Bonchev–Trinajstić information content (AvgIpc) is 2.88. The van der Waals surface area contributed by atoms with E-state index in [0.29, 0.717) is 17.2 Å². The van der Waals surface area contributed by atoms with Crippen LogP contribution in [0.15, 0.2) is 42.5 Å². The zero-order valence-corrected chi connectivity index (χ0v) is 10.8. The number of nitrogens with two attached hydrogens (primary N) is 1. The van der Waals surface area contributed by atoms with E-state index in [1.807, 2.05) is 19.1 Å². The molecule has 0 saturated carbocycles. The van der Waals surface area contributed by atoms with Crippen molar-refractivity contribution in [3.05, 3.63) is 53.8 Å². The molecular weight excluding hydrogens is 257 g/mol. The predicted octanol–water partition coefficient (Wildman–Crippen LogP) is 2.36. The third kappa shape index (κ3) is 2.11. The van der Waals surface area contributed by atoms with E-state index < -0.39 is 0 Å². The first kappa shape index (κ1) is 12.3. The molecule has 0 unspecified atom stereocenters. The van der Waals surface area contributed by atoms with Crippen LogP contribution in [0.25, 0.3) is 17.1 Å². The number of benzene rings is 2. The normalized spacial score (nSPS) is 10.7. The van der Waals surface area contributed by atoms with Crippen LogP contribution in [-0.4, -0.2) is 20.2 Å². The van der Waals surface area contributed by atoms with Gasteiger partial charge in [0.2, 0.25) is 0 Å². The lowest BCUT2D eigenvalue weighted by Crippen LogP contribution is -2.01. The van der Waals surface area contributed by atoms with Gasteiger partial charge in [0.15, 0.2) is 5.82 Å². The molecule has 6 heteroatoms. The summed E-state index contributed by atoms with van der Waals surface area (Å²) >= 11 is 0. The number of rotatable bonds is 2. The van der Waals surface area contributed by atoms with Crippen molar-refractivity contribution in [2.45, 2.75) is 6.92 Å². The highest BCUT2D eigenvalue weighted by Crippen LogP contribution is 2.24. The summed E-state index contributed by atoms with van der Waals surface area (Å²) in [6.45, 7) is 1.94. The molecule has 0 radical (unpaired) electrons. The summed E-state index contributed by atoms with van der Waals surface area (Å²) in [5.41, 5.74) is 8.99. The Bertz CT molecular complexity index is 749. The molecule has 2 N–H and O–H groups in total. The average molecular weight is 269 g/mol. The molecule has 3 aromatic rings. The third-order valence-electron chi connectivity index (χ3n) is 3.03. The molecule has 20 heavy (non-hydrogen) atoms. The highest BCUT2D eigenvalue weighted by Gasteiger charge is 2.13. The number of aryl methyl sites for hydroxylation is 1. The van der Waals surface area contributed by atoms with Crippen LogP contribution in [0.2, 0.25) is 0 Å². The number of aromatic nitrogens is 4. The molecule has 3 rings (SSSR count). The quantitative estimate of drug-likeness (QED) is 0.725. The summed E-state index contributed by atoms with van der Waals surface area (Å²) in [6, 6.07) is 11.5. The van der Waals surface area contributed by atoms with E-state index in [9.17, 15) is 4.39 Å². The van der Waals surface area contributed by atoms with Gasteiger partial charge in [-0.1, -0.05) is 0 Å². The molecule has 100 valence electrons. The molecule has 0 fully saturated rings. The number of anilines is 1. The van der Waals surface area contributed by atoms with Crippen molar-refractivity contribution >= 4 is 5.69 Å². The van der Waals surface area contributed by atoms with Crippen molar-refractivity contribution in [1.82, 2.24) is 20.2 Å². The van der Waals surface area contributed by atoms with Gasteiger partial charge in [0, 0.05) is 11.3 Å². The van der Waals surface area contributed by atoms with Crippen molar-refractivity contribution in [2.24, 2.45) is 0 Å². The van der Waals surface area contributed by atoms with Crippen LogP contribution in [0.5, 0.6) is 0 Å². The second-order valence-electron chi connectivity index (χ2n) is 4.47.